The lowest BCUT2D eigenvalue weighted by atomic mass is 9.98. The number of halogens is 1. The molecule has 0 radical (unpaired) electrons. The van der Waals surface area contributed by atoms with Crippen LogP contribution in [0.4, 0.5) is 0 Å². The fourth-order valence-corrected chi connectivity index (χ4v) is 4.87. The third-order valence-electron chi connectivity index (χ3n) is 4.77. The van der Waals surface area contributed by atoms with Crippen LogP contribution in [-0.4, -0.2) is 45.5 Å². The molecule has 0 amide bonds. The van der Waals surface area contributed by atoms with E-state index in [1.165, 1.54) is 0 Å². The number of sulfonamides is 1. The first-order valence-corrected chi connectivity index (χ1v) is 10.0. The molecule has 0 spiro atoms. The van der Waals surface area contributed by atoms with E-state index < -0.39 is 10.0 Å². The van der Waals surface area contributed by atoms with Crippen LogP contribution in [-0.2, 0) is 16.4 Å². The molecule has 1 fully saturated rings. The molecule has 1 aromatic rings. The minimum absolute atomic E-state index is 0. The molecular weight excluding hydrogens is 348 g/mol. The Kier molecular flexibility index (Phi) is 6.92. The molecule has 0 aromatic heterocycles. The van der Waals surface area contributed by atoms with Gasteiger partial charge < -0.3 is 10.1 Å². The van der Waals surface area contributed by atoms with Gasteiger partial charge in [0.05, 0.1) is 11.5 Å². The zero-order valence-electron chi connectivity index (χ0n) is 14.2. The summed E-state index contributed by atoms with van der Waals surface area (Å²) in [6.45, 7) is 6.01. The molecule has 5 nitrogen and oxygen atoms in total. The van der Waals surface area contributed by atoms with Gasteiger partial charge in [0.25, 0.3) is 0 Å². The molecule has 0 saturated carbocycles. The van der Waals surface area contributed by atoms with Gasteiger partial charge in [-0.3, -0.25) is 0 Å². The molecule has 1 aromatic carbocycles. The number of nitrogens with zero attached hydrogens (tertiary/aromatic N) is 1. The van der Waals surface area contributed by atoms with Gasteiger partial charge >= 0.3 is 0 Å². The van der Waals surface area contributed by atoms with Crippen molar-refractivity contribution in [1.82, 2.24) is 9.62 Å². The third kappa shape index (κ3) is 4.23. The average molecular weight is 375 g/mol. The van der Waals surface area contributed by atoms with E-state index >= 15 is 0 Å². The molecule has 0 aliphatic carbocycles. The van der Waals surface area contributed by atoms with E-state index in [9.17, 15) is 8.42 Å². The fraction of sp³-hybridized carbons (Fsp3) is 0.647. The van der Waals surface area contributed by atoms with E-state index in [0.29, 0.717) is 23.9 Å². The second kappa shape index (κ2) is 8.52. The molecule has 136 valence electrons. The van der Waals surface area contributed by atoms with Gasteiger partial charge in [0, 0.05) is 13.1 Å². The van der Waals surface area contributed by atoms with Gasteiger partial charge in [-0.2, -0.15) is 4.31 Å². The summed E-state index contributed by atoms with van der Waals surface area (Å²) in [4.78, 5) is 0.409. The van der Waals surface area contributed by atoms with E-state index in [2.05, 4.69) is 12.2 Å². The lowest BCUT2D eigenvalue weighted by molar-refractivity contribution is 0.268. The Labute approximate surface area is 151 Å². The summed E-state index contributed by atoms with van der Waals surface area (Å²) >= 11 is 0. The molecule has 0 bridgehead atoms. The lowest BCUT2D eigenvalue weighted by Crippen LogP contribution is -2.40. The van der Waals surface area contributed by atoms with Crippen LogP contribution in [0.5, 0.6) is 5.75 Å². The molecule has 0 unspecified atom stereocenters. The number of fused-ring (bicyclic) bond motifs is 1. The number of ether oxygens (including phenoxy) is 1. The smallest absolute Gasteiger partial charge is 0.243 e. The summed E-state index contributed by atoms with van der Waals surface area (Å²) in [5.41, 5.74) is 1.01. The molecule has 2 aliphatic heterocycles. The van der Waals surface area contributed by atoms with Crippen LogP contribution in [0.25, 0.3) is 0 Å². The van der Waals surface area contributed by atoms with Crippen LogP contribution in [0, 0.1) is 5.92 Å². The van der Waals surface area contributed by atoms with Crippen LogP contribution in [0.1, 0.15) is 31.7 Å². The lowest BCUT2D eigenvalue weighted by Gasteiger charge is -2.31. The number of hydrogen-bond donors (Lipinski definition) is 1. The fourth-order valence-electron chi connectivity index (χ4n) is 3.35. The number of piperidine rings is 1. The summed E-state index contributed by atoms with van der Waals surface area (Å²) < 4.78 is 32.9. The summed E-state index contributed by atoms with van der Waals surface area (Å²) in [6.07, 6.45) is 3.70. The van der Waals surface area contributed by atoms with Gasteiger partial charge in [-0.15, -0.1) is 12.4 Å². The molecular formula is C17H27ClN2O3S. The number of rotatable bonds is 5. The molecule has 0 atom stereocenters. The number of benzene rings is 1. The first-order chi connectivity index (χ1) is 11.1. The molecule has 3 rings (SSSR count). The second-order valence-corrected chi connectivity index (χ2v) is 8.31. The molecule has 7 heteroatoms. The van der Waals surface area contributed by atoms with Crippen LogP contribution < -0.4 is 10.1 Å². The Morgan fingerprint density at radius 2 is 2.04 bits per heavy atom. The highest BCUT2D eigenvalue weighted by molar-refractivity contribution is 7.89. The maximum Gasteiger partial charge on any atom is 0.243 e. The van der Waals surface area contributed by atoms with Crippen molar-refractivity contribution in [3.63, 3.8) is 0 Å². The van der Waals surface area contributed by atoms with E-state index in [1.807, 2.05) is 0 Å². The van der Waals surface area contributed by atoms with Crippen molar-refractivity contribution in [2.75, 3.05) is 32.8 Å². The van der Waals surface area contributed by atoms with Crippen molar-refractivity contribution in [2.24, 2.45) is 5.92 Å². The van der Waals surface area contributed by atoms with Crippen molar-refractivity contribution in [3.8, 4) is 5.75 Å². The minimum Gasteiger partial charge on any atom is -0.493 e. The molecule has 2 aliphatic rings. The summed E-state index contributed by atoms with van der Waals surface area (Å²) in [7, 11) is -3.38. The zero-order valence-corrected chi connectivity index (χ0v) is 15.8. The zero-order chi connectivity index (χ0) is 16.3. The number of nitrogens with one attached hydrogen (secondary N) is 1. The first kappa shape index (κ1) is 19.5. The van der Waals surface area contributed by atoms with Crippen LogP contribution in [0.3, 0.4) is 0 Å². The average Bonchev–Trinajstić information content (AvgIpc) is 2.60. The molecule has 1 saturated heterocycles. The highest BCUT2D eigenvalue weighted by Gasteiger charge is 2.30. The van der Waals surface area contributed by atoms with E-state index in [-0.39, 0.29) is 12.4 Å². The maximum atomic E-state index is 12.9. The third-order valence-corrected chi connectivity index (χ3v) is 6.67. The van der Waals surface area contributed by atoms with Crippen molar-refractivity contribution >= 4 is 22.4 Å². The van der Waals surface area contributed by atoms with E-state index in [0.717, 1.165) is 56.7 Å². The van der Waals surface area contributed by atoms with Gasteiger partial charge in [0.2, 0.25) is 10.0 Å². The van der Waals surface area contributed by atoms with Gasteiger partial charge in [-0.1, -0.05) is 6.92 Å². The normalized spacial score (nSPS) is 19.2. The Bertz CT molecular complexity index is 643. The van der Waals surface area contributed by atoms with E-state index in [4.69, 9.17) is 4.74 Å². The van der Waals surface area contributed by atoms with Gasteiger partial charge in [0.15, 0.2) is 0 Å². The number of hydrogen-bond acceptors (Lipinski definition) is 4. The van der Waals surface area contributed by atoms with Crippen LogP contribution >= 0.6 is 12.4 Å². The Balaban J connectivity index is 0.00000208. The minimum atomic E-state index is -3.38. The monoisotopic (exact) mass is 374 g/mol. The predicted molar refractivity (Wildman–Crippen MR) is 97.5 cm³/mol. The van der Waals surface area contributed by atoms with Crippen LogP contribution in [0.15, 0.2) is 23.1 Å². The number of aryl methyl sites for hydroxylation is 1. The van der Waals surface area contributed by atoms with Crippen LogP contribution in [0.2, 0.25) is 0 Å². The Hall–Kier alpha value is -0.820. The molecule has 2 heterocycles. The Morgan fingerprint density at radius 1 is 1.29 bits per heavy atom. The summed E-state index contributed by atoms with van der Waals surface area (Å²) in [6, 6.07) is 5.29. The molecule has 1 N–H and O–H groups in total. The topological polar surface area (TPSA) is 58.6 Å². The quantitative estimate of drug-likeness (QED) is 0.860. The van der Waals surface area contributed by atoms with Gasteiger partial charge in [-0.05, 0) is 68.5 Å². The summed E-state index contributed by atoms with van der Waals surface area (Å²) in [5.74, 6) is 1.41. The predicted octanol–water partition coefficient (Wildman–Crippen LogP) is 2.44. The van der Waals surface area contributed by atoms with E-state index in [1.54, 1.807) is 22.5 Å². The van der Waals surface area contributed by atoms with Crippen molar-refractivity contribution < 1.29 is 13.2 Å². The molecule has 24 heavy (non-hydrogen) atoms. The largest absolute Gasteiger partial charge is 0.493 e. The van der Waals surface area contributed by atoms with Gasteiger partial charge in [0.1, 0.15) is 5.75 Å². The van der Waals surface area contributed by atoms with Crippen molar-refractivity contribution in [2.45, 2.75) is 37.5 Å². The maximum absolute atomic E-state index is 12.9. The van der Waals surface area contributed by atoms with Gasteiger partial charge in [-0.25, -0.2) is 8.42 Å². The van der Waals surface area contributed by atoms with Crippen molar-refractivity contribution in [3.05, 3.63) is 23.8 Å². The standard InChI is InChI=1S/C17H26N2O3S.ClH/c1-2-18-13-14-7-9-19(10-8-14)23(20,21)16-5-6-17-15(12-16)4-3-11-22-17;/h5-6,12,14,18H,2-4,7-11,13H2,1H3;1H. The second-order valence-electron chi connectivity index (χ2n) is 6.38. The highest BCUT2D eigenvalue weighted by atomic mass is 35.5. The SMILES string of the molecule is CCNCC1CCN(S(=O)(=O)c2ccc3c(c2)CCCO3)CC1.Cl. The highest BCUT2D eigenvalue weighted by Crippen LogP contribution is 2.30. The van der Waals surface area contributed by atoms with Crippen molar-refractivity contribution in [1.29, 1.82) is 0 Å². The first-order valence-electron chi connectivity index (χ1n) is 8.58. The summed E-state index contributed by atoms with van der Waals surface area (Å²) in [5, 5.41) is 3.36. The Morgan fingerprint density at radius 3 is 2.75 bits per heavy atom.